The Bertz CT molecular complexity index is 168. The van der Waals surface area contributed by atoms with E-state index in [2.05, 4.69) is 15.2 Å². The van der Waals surface area contributed by atoms with Crippen molar-refractivity contribution in [3.05, 3.63) is 11.6 Å². The average molecular weight is 112 g/mol. The first kappa shape index (κ1) is 5.24. The fourth-order valence-corrected chi connectivity index (χ4v) is 0.486. The summed E-state index contributed by atoms with van der Waals surface area (Å²) in [5.41, 5.74) is 5.23. The summed E-state index contributed by atoms with van der Waals surface area (Å²) in [6.45, 7) is 2.27. The monoisotopic (exact) mass is 112 g/mol. The Kier molecular flexibility index (Phi) is 1.26. The van der Waals surface area contributed by atoms with Crippen LogP contribution in [-0.2, 0) is 6.54 Å². The first-order chi connectivity index (χ1) is 3.83. The van der Waals surface area contributed by atoms with E-state index in [1.807, 2.05) is 6.92 Å². The van der Waals surface area contributed by atoms with Crippen LogP contribution in [0, 0.1) is 6.92 Å². The molecule has 0 aliphatic rings. The summed E-state index contributed by atoms with van der Waals surface area (Å²) in [5, 5.41) is 7.41. The summed E-state index contributed by atoms with van der Waals surface area (Å²) in [6, 6.07) is 0. The van der Waals surface area contributed by atoms with E-state index in [1.165, 1.54) is 0 Å². The molecular formula is C4H8N4. The molecule has 0 atom stereocenters. The smallest absolute Gasteiger partial charge is 0.144 e. The molecule has 1 aromatic rings. The molecule has 1 aromatic heterocycles. The topological polar surface area (TPSA) is 67.6 Å². The SMILES string of the molecule is Cc1nnc(CN)[nH]1. The lowest BCUT2D eigenvalue weighted by Gasteiger charge is -1.79. The van der Waals surface area contributed by atoms with Gasteiger partial charge in [0, 0.05) is 0 Å². The fourth-order valence-electron chi connectivity index (χ4n) is 0.486. The van der Waals surface area contributed by atoms with E-state index in [4.69, 9.17) is 5.73 Å². The second kappa shape index (κ2) is 1.92. The van der Waals surface area contributed by atoms with Crippen LogP contribution < -0.4 is 5.73 Å². The fraction of sp³-hybridized carbons (Fsp3) is 0.500. The molecule has 0 saturated carbocycles. The predicted molar refractivity (Wildman–Crippen MR) is 29.0 cm³/mol. The van der Waals surface area contributed by atoms with E-state index in [0.29, 0.717) is 6.54 Å². The maximum absolute atomic E-state index is 5.23. The number of aromatic nitrogens is 3. The average Bonchev–Trinajstić information content (AvgIpc) is 2.14. The number of H-pyrrole nitrogens is 1. The van der Waals surface area contributed by atoms with Crippen LogP contribution in [0.15, 0.2) is 0 Å². The standard InChI is InChI=1S/C4H8N4/c1-3-6-4(2-5)8-7-3/h2,5H2,1H3,(H,6,7,8). The second-order valence-electron chi connectivity index (χ2n) is 1.56. The van der Waals surface area contributed by atoms with Crippen LogP contribution in [0.5, 0.6) is 0 Å². The van der Waals surface area contributed by atoms with E-state index in [0.717, 1.165) is 11.6 Å². The molecule has 0 unspecified atom stereocenters. The summed E-state index contributed by atoms with van der Waals surface area (Å²) in [4.78, 5) is 2.88. The Hall–Kier alpha value is -0.900. The largest absolute Gasteiger partial charge is 0.328 e. The summed E-state index contributed by atoms with van der Waals surface area (Å²) in [7, 11) is 0. The van der Waals surface area contributed by atoms with Crippen molar-refractivity contribution >= 4 is 0 Å². The highest BCUT2D eigenvalue weighted by Crippen LogP contribution is 1.85. The van der Waals surface area contributed by atoms with Crippen molar-refractivity contribution < 1.29 is 0 Å². The van der Waals surface area contributed by atoms with Gasteiger partial charge in [-0.3, -0.25) is 0 Å². The van der Waals surface area contributed by atoms with Gasteiger partial charge in [0.2, 0.25) is 0 Å². The van der Waals surface area contributed by atoms with Crippen molar-refractivity contribution in [2.24, 2.45) is 5.73 Å². The third kappa shape index (κ3) is 0.840. The molecule has 0 radical (unpaired) electrons. The lowest BCUT2D eigenvalue weighted by Crippen LogP contribution is -1.97. The highest BCUT2D eigenvalue weighted by atomic mass is 15.2. The molecule has 0 aliphatic heterocycles. The van der Waals surface area contributed by atoms with Gasteiger partial charge in [0.05, 0.1) is 6.54 Å². The number of hydrogen-bond donors (Lipinski definition) is 2. The van der Waals surface area contributed by atoms with Crippen LogP contribution in [0.2, 0.25) is 0 Å². The lowest BCUT2D eigenvalue weighted by atomic mass is 10.6. The normalized spacial score (nSPS) is 9.75. The van der Waals surface area contributed by atoms with Gasteiger partial charge in [0.1, 0.15) is 11.6 Å². The van der Waals surface area contributed by atoms with Gasteiger partial charge in [-0.25, -0.2) is 0 Å². The zero-order valence-corrected chi connectivity index (χ0v) is 4.68. The number of hydrogen-bond acceptors (Lipinski definition) is 3. The van der Waals surface area contributed by atoms with Gasteiger partial charge in [0.25, 0.3) is 0 Å². The van der Waals surface area contributed by atoms with Crippen molar-refractivity contribution in [3.8, 4) is 0 Å². The first-order valence-corrected chi connectivity index (χ1v) is 2.41. The summed E-state index contributed by atoms with van der Waals surface area (Å²) in [5.74, 6) is 1.55. The highest BCUT2D eigenvalue weighted by Gasteiger charge is 1.91. The number of nitrogens with zero attached hydrogens (tertiary/aromatic N) is 2. The second-order valence-corrected chi connectivity index (χ2v) is 1.56. The van der Waals surface area contributed by atoms with Crippen LogP contribution >= 0.6 is 0 Å². The van der Waals surface area contributed by atoms with Crippen LogP contribution in [0.25, 0.3) is 0 Å². The molecule has 0 fully saturated rings. The Morgan fingerprint density at radius 2 is 2.38 bits per heavy atom. The molecule has 0 aromatic carbocycles. The minimum absolute atomic E-state index is 0.431. The van der Waals surface area contributed by atoms with Gasteiger partial charge in [-0.05, 0) is 6.92 Å². The number of nitrogens with two attached hydrogens (primary N) is 1. The molecule has 1 heterocycles. The van der Waals surface area contributed by atoms with Gasteiger partial charge < -0.3 is 10.7 Å². The van der Waals surface area contributed by atoms with Crippen LogP contribution in [-0.4, -0.2) is 15.2 Å². The molecule has 0 saturated heterocycles. The molecule has 0 spiro atoms. The number of rotatable bonds is 1. The van der Waals surface area contributed by atoms with E-state index < -0.39 is 0 Å². The predicted octanol–water partition coefficient (Wildman–Crippen LogP) is -0.428. The molecule has 0 aliphatic carbocycles. The maximum Gasteiger partial charge on any atom is 0.144 e. The van der Waals surface area contributed by atoms with Crippen molar-refractivity contribution in [3.63, 3.8) is 0 Å². The third-order valence-electron chi connectivity index (χ3n) is 0.839. The Morgan fingerprint density at radius 3 is 2.62 bits per heavy atom. The Balaban J connectivity index is 2.84. The zero-order chi connectivity index (χ0) is 5.98. The summed E-state index contributed by atoms with van der Waals surface area (Å²) >= 11 is 0. The van der Waals surface area contributed by atoms with Crippen molar-refractivity contribution in [2.75, 3.05) is 0 Å². The van der Waals surface area contributed by atoms with Gasteiger partial charge >= 0.3 is 0 Å². The van der Waals surface area contributed by atoms with Crippen molar-refractivity contribution in [1.29, 1.82) is 0 Å². The van der Waals surface area contributed by atoms with Crippen LogP contribution in [0.4, 0.5) is 0 Å². The lowest BCUT2D eigenvalue weighted by molar-refractivity contribution is 0.916. The Labute approximate surface area is 47.1 Å². The third-order valence-corrected chi connectivity index (χ3v) is 0.839. The zero-order valence-electron chi connectivity index (χ0n) is 4.68. The van der Waals surface area contributed by atoms with Gasteiger partial charge in [-0.15, -0.1) is 10.2 Å². The minimum Gasteiger partial charge on any atom is -0.328 e. The van der Waals surface area contributed by atoms with Gasteiger partial charge in [-0.2, -0.15) is 0 Å². The molecule has 8 heavy (non-hydrogen) atoms. The van der Waals surface area contributed by atoms with E-state index >= 15 is 0 Å². The maximum atomic E-state index is 5.23. The van der Waals surface area contributed by atoms with E-state index in [-0.39, 0.29) is 0 Å². The minimum atomic E-state index is 0.431. The number of nitrogens with one attached hydrogen (secondary N) is 1. The number of aryl methyl sites for hydroxylation is 1. The molecule has 4 heteroatoms. The Morgan fingerprint density at radius 1 is 1.62 bits per heavy atom. The van der Waals surface area contributed by atoms with Crippen LogP contribution in [0.1, 0.15) is 11.6 Å². The molecular weight excluding hydrogens is 104 g/mol. The van der Waals surface area contributed by atoms with Gasteiger partial charge in [-0.1, -0.05) is 0 Å². The quantitative estimate of drug-likeness (QED) is 0.518. The summed E-state index contributed by atoms with van der Waals surface area (Å²) in [6.07, 6.45) is 0. The number of aromatic amines is 1. The molecule has 3 N–H and O–H groups in total. The molecule has 4 nitrogen and oxygen atoms in total. The molecule has 44 valence electrons. The van der Waals surface area contributed by atoms with Crippen molar-refractivity contribution in [2.45, 2.75) is 13.5 Å². The molecule has 1 rings (SSSR count). The highest BCUT2D eigenvalue weighted by molar-refractivity contribution is 4.85. The molecule has 0 amide bonds. The molecule has 0 bridgehead atoms. The van der Waals surface area contributed by atoms with E-state index in [9.17, 15) is 0 Å². The first-order valence-electron chi connectivity index (χ1n) is 2.41. The summed E-state index contributed by atoms with van der Waals surface area (Å²) < 4.78 is 0. The van der Waals surface area contributed by atoms with Crippen LogP contribution in [0.3, 0.4) is 0 Å². The van der Waals surface area contributed by atoms with E-state index in [1.54, 1.807) is 0 Å². The van der Waals surface area contributed by atoms with Gasteiger partial charge in [0.15, 0.2) is 0 Å². The van der Waals surface area contributed by atoms with Crippen molar-refractivity contribution in [1.82, 2.24) is 15.2 Å².